The van der Waals surface area contributed by atoms with Crippen LogP contribution in [0.1, 0.15) is 0 Å². The van der Waals surface area contributed by atoms with Crippen LogP contribution in [0.5, 0.6) is 0 Å². The molecule has 0 saturated heterocycles. The van der Waals surface area contributed by atoms with Gasteiger partial charge in [-0.3, -0.25) is 0 Å². The Bertz CT molecular complexity index is 8.00. The van der Waals surface area contributed by atoms with Crippen molar-refractivity contribution in [1.82, 2.24) is 0 Å². The second-order valence-electron chi connectivity index (χ2n) is 0. The van der Waals surface area contributed by atoms with Crippen LogP contribution in [0, 0.1) is 0 Å². The second kappa shape index (κ2) is 17.4. The third-order valence-corrected chi connectivity index (χ3v) is 0. The Morgan fingerprint density at radius 2 is 1.25 bits per heavy atom. The van der Waals surface area contributed by atoms with E-state index >= 15 is 0 Å². The molecule has 0 saturated carbocycles. The fourth-order valence-electron chi connectivity index (χ4n) is 0. The molecule has 4 heavy (non-hydrogen) atoms. The standard InChI is InChI=1S/Li.Nb.Se.Sn. The summed E-state index contributed by atoms with van der Waals surface area (Å²) in [5.74, 6) is 0. The first-order valence-electron chi connectivity index (χ1n) is 0.204. The van der Waals surface area contributed by atoms with Crippen molar-refractivity contribution in [3.05, 3.63) is 0 Å². The van der Waals surface area contributed by atoms with Crippen LogP contribution in [0.25, 0.3) is 0 Å². The van der Waals surface area contributed by atoms with E-state index in [9.17, 15) is 0 Å². The Hall–Kier alpha value is 2.66. The van der Waals surface area contributed by atoms with Crippen molar-refractivity contribution in [2.45, 2.75) is 0 Å². The van der Waals surface area contributed by atoms with Crippen molar-refractivity contribution in [1.29, 1.82) is 0 Å². The minimum atomic E-state index is 0. The van der Waals surface area contributed by atoms with E-state index in [-0.39, 0.29) is 41.2 Å². The first-order valence-corrected chi connectivity index (χ1v) is 7.12. The van der Waals surface area contributed by atoms with Gasteiger partial charge in [0.25, 0.3) is 0 Å². The van der Waals surface area contributed by atoms with Crippen LogP contribution in [0.3, 0.4) is 0 Å². The van der Waals surface area contributed by atoms with Crippen LogP contribution in [0.2, 0.25) is 0 Å². The first kappa shape index (κ1) is 15.9. The van der Waals surface area contributed by atoms with Gasteiger partial charge in [0.05, 0.1) is 0 Å². The van der Waals surface area contributed by atoms with Crippen LogP contribution >= 0.6 is 0 Å². The van der Waals surface area contributed by atoms with Crippen molar-refractivity contribution in [2.24, 2.45) is 0 Å². The number of hydrogen-bond acceptors (Lipinski definition) is 0. The second-order valence-corrected chi connectivity index (χ2v) is 0. The van der Waals surface area contributed by atoms with Gasteiger partial charge in [-0.25, -0.2) is 0 Å². The molecule has 0 nitrogen and oxygen atoms in total. The SMILES string of the molecule is [Li].[Nb].[Se]=[Sn]. The zero-order chi connectivity index (χ0) is 2.00. The summed E-state index contributed by atoms with van der Waals surface area (Å²) >= 11 is 4.14. The summed E-state index contributed by atoms with van der Waals surface area (Å²) < 4.78 is 0. The van der Waals surface area contributed by atoms with Crippen molar-refractivity contribution in [3.8, 4) is 0 Å². The Balaban J connectivity index is -0.00000000500. The summed E-state index contributed by atoms with van der Waals surface area (Å²) in [5, 5.41) is 0. The fourth-order valence-corrected chi connectivity index (χ4v) is 0. The molecule has 0 unspecified atom stereocenters. The van der Waals surface area contributed by atoms with Crippen molar-refractivity contribution < 1.29 is 22.4 Å². The molecule has 0 atom stereocenters. The van der Waals surface area contributed by atoms with E-state index in [2.05, 4.69) is 12.2 Å². The Kier molecular flexibility index (Phi) is 69.2. The molecule has 0 heterocycles. The van der Waals surface area contributed by atoms with Gasteiger partial charge in [-0.15, -0.1) is 0 Å². The van der Waals surface area contributed by atoms with E-state index in [0.717, 1.165) is 0 Å². The van der Waals surface area contributed by atoms with Crippen LogP contribution in [-0.2, 0) is 22.4 Å². The fraction of sp³-hybridized carbons (Fsp3) is 0. The van der Waals surface area contributed by atoms with E-state index < -0.39 is 0 Å². The topological polar surface area (TPSA) is 0 Å². The van der Waals surface area contributed by atoms with Gasteiger partial charge in [0.15, 0.2) is 0 Å². The van der Waals surface area contributed by atoms with Crippen LogP contribution in [0.15, 0.2) is 0 Å². The molecule has 0 rings (SSSR count). The molecule has 0 bridgehead atoms. The summed E-state index contributed by atoms with van der Waals surface area (Å²) in [4.78, 5) is 0. The molecule has 4 radical (unpaired) electrons. The third-order valence-electron chi connectivity index (χ3n) is 0. The Morgan fingerprint density at radius 3 is 1.25 bits per heavy atom. The molecule has 0 aromatic heterocycles. The molecule has 0 aliphatic rings. The maximum atomic E-state index is 2.72. The molecule has 0 amide bonds. The van der Waals surface area contributed by atoms with E-state index in [4.69, 9.17) is 0 Å². The number of rotatable bonds is 0. The molecule has 0 aliphatic carbocycles. The quantitative estimate of drug-likeness (QED) is 0.496. The van der Waals surface area contributed by atoms with Gasteiger partial charge < -0.3 is 0 Å². The summed E-state index contributed by atoms with van der Waals surface area (Å²) in [7, 11) is 0. The van der Waals surface area contributed by atoms with E-state index in [0.29, 0.717) is 0 Å². The monoisotopic (exact) mass is 300 g/mol. The average molecular weight is 298 g/mol. The minimum absolute atomic E-state index is 0. The third kappa shape index (κ3) is 8.82. The Labute approximate surface area is 71.9 Å². The molecule has 0 fully saturated rings. The summed E-state index contributed by atoms with van der Waals surface area (Å²) in [5.41, 5.74) is 0. The van der Waals surface area contributed by atoms with Gasteiger partial charge in [0.1, 0.15) is 0 Å². The summed E-state index contributed by atoms with van der Waals surface area (Å²) in [6.07, 6.45) is 0. The van der Waals surface area contributed by atoms with E-state index in [1.165, 1.54) is 19.7 Å². The maximum absolute atomic E-state index is 2.72. The van der Waals surface area contributed by atoms with E-state index in [1.54, 1.807) is 0 Å². The van der Waals surface area contributed by atoms with Crippen molar-refractivity contribution >= 4 is 50.8 Å². The molecule has 0 N–H and O–H groups in total. The van der Waals surface area contributed by atoms with Gasteiger partial charge >= 0.3 is 31.9 Å². The first-order chi connectivity index (χ1) is 1.00. The van der Waals surface area contributed by atoms with Crippen molar-refractivity contribution in [2.75, 3.05) is 0 Å². The van der Waals surface area contributed by atoms with Gasteiger partial charge in [0.2, 0.25) is 0 Å². The van der Waals surface area contributed by atoms with Crippen molar-refractivity contribution in [3.63, 3.8) is 0 Å². The molecule has 16 valence electrons. The zero-order valence-electron chi connectivity index (χ0n) is 2.36. The molecule has 0 spiro atoms. The Morgan fingerprint density at radius 1 is 1.25 bits per heavy atom. The predicted octanol–water partition coefficient (Wildman–Crippen LogP) is -1.14. The molecule has 4 heteroatoms. The summed E-state index contributed by atoms with van der Waals surface area (Å²) in [6.45, 7) is 0. The molecular formula is LiNbSeSn. The predicted molar refractivity (Wildman–Crippen MR) is 17.3 cm³/mol. The zero-order valence-corrected chi connectivity index (χ0v) is 9.12. The molecule has 0 aromatic carbocycles. The van der Waals surface area contributed by atoms with Crippen LogP contribution in [0.4, 0.5) is 0 Å². The normalized spacial score (nSPS) is 1.00. The van der Waals surface area contributed by atoms with Crippen LogP contribution < -0.4 is 0 Å². The van der Waals surface area contributed by atoms with Gasteiger partial charge in [-0.05, 0) is 0 Å². The molecule has 0 aliphatic heterocycles. The van der Waals surface area contributed by atoms with Gasteiger partial charge in [-0.2, -0.15) is 0 Å². The van der Waals surface area contributed by atoms with E-state index in [1.807, 2.05) is 0 Å². The van der Waals surface area contributed by atoms with Gasteiger partial charge in [0, 0.05) is 41.2 Å². The molecule has 0 aromatic rings. The molecular weight excluding hydrogens is 298 g/mol. The number of hydrogen-bond donors (Lipinski definition) is 0. The summed E-state index contributed by atoms with van der Waals surface area (Å²) in [6, 6.07) is 0. The average Bonchev–Trinajstić information content (AvgIpc) is 1.00. The van der Waals surface area contributed by atoms with Crippen LogP contribution in [-0.4, -0.2) is 50.8 Å². The van der Waals surface area contributed by atoms with Gasteiger partial charge in [-0.1, -0.05) is 0 Å².